The molecule has 0 amide bonds. The Balaban J connectivity index is 2.02. The Morgan fingerprint density at radius 1 is 1.11 bits per heavy atom. The second-order valence-electron chi connectivity index (χ2n) is 4.24. The van der Waals surface area contributed by atoms with Gasteiger partial charge in [0, 0.05) is 12.1 Å². The van der Waals surface area contributed by atoms with Gasteiger partial charge in [0.2, 0.25) is 5.89 Å². The van der Waals surface area contributed by atoms with Crippen LogP contribution in [0.2, 0.25) is 0 Å². The van der Waals surface area contributed by atoms with Gasteiger partial charge in [0.1, 0.15) is 6.26 Å². The van der Waals surface area contributed by atoms with Crippen molar-refractivity contribution >= 4 is 10.8 Å². The summed E-state index contributed by atoms with van der Waals surface area (Å²) in [7, 11) is 1.89. The van der Waals surface area contributed by atoms with Crippen LogP contribution in [-0.4, -0.2) is 12.0 Å². The molecule has 0 fully saturated rings. The molecule has 0 aliphatic heterocycles. The van der Waals surface area contributed by atoms with Gasteiger partial charge in [-0.25, -0.2) is 4.98 Å². The van der Waals surface area contributed by atoms with Crippen molar-refractivity contribution in [2.75, 3.05) is 7.05 Å². The van der Waals surface area contributed by atoms with Gasteiger partial charge in [-0.15, -0.1) is 0 Å². The van der Waals surface area contributed by atoms with Crippen molar-refractivity contribution in [1.29, 1.82) is 0 Å². The average Bonchev–Trinajstić information content (AvgIpc) is 2.87. The van der Waals surface area contributed by atoms with Crippen molar-refractivity contribution in [3.8, 4) is 11.5 Å². The van der Waals surface area contributed by atoms with Gasteiger partial charge in [0.05, 0.1) is 5.69 Å². The van der Waals surface area contributed by atoms with Crippen LogP contribution in [0.5, 0.6) is 0 Å². The maximum absolute atomic E-state index is 5.50. The Labute approximate surface area is 105 Å². The van der Waals surface area contributed by atoms with Crippen LogP contribution in [0.15, 0.2) is 53.1 Å². The van der Waals surface area contributed by atoms with E-state index in [-0.39, 0.29) is 0 Å². The van der Waals surface area contributed by atoms with E-state index in [0.717, 1.165) is 17.8 Å². The Morgan fingerprint density at radius 2 is 1.94 bits per heavy atom. The Kier molecular flexibility index (Phi) is 2.82. The largest absolute Gasteiger partial charge is 0.444 e. The molecule has 0 radical (unpaired) electrons. The molecule has 1 N–H and O–H groups in total. The van der Waals surface area contributed by atoms with Gasteiger partial charge >= 0.3 is 0 Å². The summed E-state index contributed by atoms with van der Waals surface area (Å²) >= 11 is 0. The van der Waals surface area contributed by atoms with E-state index < -0.39 is 0 Å². The van der Waals surface area contributed by atoms with E-state index in [4.69, 9.17) is 4.42 Å². The predicted octanol–water partition coefficient (Wildman–Crippen LogP) is 3.21. The molecule has 1 heterocycles. The van der Waals surface area contributed by atoms with Gasteiger partial charge in [-0.2, -0.15) is 0 Å². The smallest absolute Gasteiger partial charge is 0.226 e. The summed E-state index contributed by atoms with van der Waals surface area (Å²) in [5.74, 6) is 0.672. The van der Waals surface area contributed by atoms with Gasteiger partial charge in [-0.3, -0.25) is 0 Å². The number of aromatic nitrogens is 1. The molecule has 18 heavy (non-hydrogen) atoms. The van der Waals surface area contributed by atoms with Crippen LogP contribution in [0.3, 0.4) is 0 Å². The normalized spacial score (nSPS) is 10.9. The molecule has 0 aliphatic rings. The number of benzene rings is 2. The van der Waals surface area contributed by atoms with Crippen molar-refractivity contribution in [3.63, 3.8) is 0 Å². The van der Waals surface area contributed by atoms with Crippen LogP contribution >= 0.6 is 0 Å². The van der Waals surface area contributed by atoms with Crippen molar-refractivity contribution < 1.29 is 4.42 Å². The lowest BCUT2D eigenvalue weighted by molar-refractivity contribution is 0.571. The number of hydrogen-bond acceptors (Lipinski definition) is 3. The summed E-state index contributed by atoms with van der Waals surface area (Å²) in [6, 6.07) is 14.5. The molecule has 1 aromatic heterocycles. The maximum Gasteiger partial charge on any atom is 0.226 e. The molecule has 0 aliphatic carbocycles. The fourth-order valence-corrected chi connectivity index (χ4v) is 2.02. The Bertz CT molecular complexity index is 673. The number of nitrogens with one attached hydrogen (secondary N) is 1. The number of rotatable bonds is 3. The molecule has 0 spiro atoms. The molecular formula is C15H14N2O. The first-order valence-electron chi connectivity index (χ1n) is 5.95. The van der Waals surface area contributed by atoms with E-state index in [2.05, 4.69) is 34.6 Å². The highest BCUT2D eigenvalue weighted by Crippen LogP contribution is 2.23. The molecular weight excluding hydrogens is 224 g/mol. The summed E-state index contributed by atoms with van der Waals surface area (Å²) in [6.45, 7) is 0.719. The number of oxazole rings is 1. The molecule has 0 saturated carbocycles. The summed E-state index contributed by atoms with van der Waals surface area (Å²) in [5.41, 5.74) is 1.93. The van der Waals surface area contributed by atoms with Crippen molar-refractivity contribution in [2.24, 2.45) is 0 Å². The van der Waals surface area contributed by atoms with Gasteiger partial charge in [-0.1, -0.05) is 30.3 Å². The van der Waals surface area contributed by atoms with Gasteiger partial charge in [-0.05, 0) is 30.0 Å². The molecule has 3 nitrogen and oxygen atoms in total. The molecule has 0 bridgehead atoms. The molecule has 3 heteroatoms. The van der Waals surface area contributed by atoms with E-state index in [1.165, 1.54) is 10.8 Å². The zero-order chi connectivity index (χ0) is 12.4. The summed E-state index contributed by atoms with van der Waals surface area (Å²) < 4.78 is 5.50. The highest BCUT2D eigenvalue weighted by Gasteiger charge is 2.06. The van der Waals surface area contributed by atoms with Crippen LogP contribution in [0.25, 0.3) is 22.2 Å². The van der Waals surface area contributed by atoms with Crippen LogP contribution < -0.4 is 5.32 Å². The monoisotopic (exact) mass is 238 g/mol. The molecule has 90 valence electrons. The quantitative estimate of drug-likeness (QED) is 0.761. The van der Waals surface area contributed by atoms with Crippen molar-refractivity contribution in [2.45, 2.75) is 6.54 Å². The average molecular weight is 238 g/mol. The topological polar surface area (TPSA) is 38.1 Å². The van der Waals surface area contributed by atoms with Gasteiger partial charge < -0.3 is 9.73 Å². The summed E-state index contributed by atoms with van der Waals surface area (Å²) in [5, 5.41) is 5.48. The molecule has 0 atom stereocenters. The third-order valence-corrected chi connectivity index (χ3v) is 2.91. The predicted molar refractivity (Wildman–Crippen MR) is 72.2 cm³/mol. The van der Waals surface area contributed by atoms with Gasteiger partial charge in [0.25, 0.3) is 0 Å². The lowest BCUT2D eigenvalue weighted by atomic mass is 10.1. The van der Waals surface area contributed by atoms with E-state index >= 15 is 0 Å². The van der Waals surface area contributed by atoms with Crippen LogP contribution in [-0.2, 0) is 6.54 Å². The van der Waals surface area contributed by atoms with Crippen LogP contribution in [0, 0.1) is 0 Å². The standard InChI is InChI=1S/C15H14N2O/c1-16-9-14-10-18-15(17-14)13-7-6-11-4-2-3-5-12(11)8-13/h2-8,10,16H,9H2,1H3. The van der Waals surface area contributed by atoms with Crippen molar-refractivity contribution in [1.82, 2.24) is 10.3 Å². The minimum Gasteiger partial charge on any atom is -0.444 e. The molecule has 3 rings (SSSR count). The summed E-state index contributed by atoms with van der Waals surface area (Å²) in [4.78, 5) is 4.45. The third-order valence-electron chi connectivity index (χ3n) is 2.91. The van der Waals surface area contributed by atoms with Gasteiger partial charge in [0.15, 0.2) is 0 Å². The van der Waals surface area contributed by atoms with Crippen LogP contribution in [0.1, 0.15) is 5.69 Å². The second kappa shape index (κ2) is 4.63. The fraction of sp³-hybridized carbons (Fsp3) is 0.133. The maximum atomic E-state index is 5.50. The van der Waals surface area contributed by atoms with E-state index in [9.17, 15) is 0 Å². The highest BCUT2D eigenvalue weighted by molar-refractivity contribution is 5.86. The Morgan fingerprint density at radius 3 is 2.78 bits per heavy atom. The zero-order valence-electron chi connectivity index (χ0n) is 10.2. The van der Waals surface area contributed by atoms with E-state index in [1.54, 1.807) is 6.26 Å². The first kappa shape index (κ1) is 11.0. The van der Waals surface area contributed by atoms with E-state index in [1.807, 2.05) is 25.2 Å². The van der Waals surface area contributed by atoms with Crippen molar-refractivity contribution in [3.05, 3.63) is 54.4 Å². The zero-order valence-corrected chi connectivity index (χ0v) is 10.2. The SMILES string of the molecule is CNCc1coc(-c2ccc3ccccc3c2)n1. The molecule has 0 unspecified atom stereocenters. The molecule has 3 aromatic rings. The second-order valence-corrected chi connectivity index (χ2v) is 4.24. The first-order chi connectivity index (χ1) is 8.86. The molecule has 0 saturated heterocycles. The summed E-state index contributed by atoms with van der Waals surface area (Å²) in [6.07, 6.45) is 1.70. The number of fused-ring (bicyclic) bond motifs is 1. The lowest BCUT2D eigenvalue weighted by Crippen LogP contribution is -2.04. The highest BCUT2D eigenvalue weighted by atomic mass is 16.3. The third kappa shape index (κ3) is 2.00. The fourth-order valence-electron chi connectivity index (χ4n) is 2.02. The minimum atomic E-state index is 0.672. The first-order valence-corrected chi connectivity index (χ1v) is 5.95. The Hall–Kier alpha value is -2.13. The minimum absolute atomic E-state index is 0.672. The lowest BCUT2D eigenvalue weighted by Gasteiger charge is -1.99. The van der Waals surface area contributed by atoms with E-state index in [0.29, 0.717) is 5.89 Å². The number of nitrogens with zero attached hydrogens (tertiary/aromatic N) is 1. The number of hydrogen-bond donors (Lipinski definition) is 1. The van der Waals surface area contributed by atoms with Crippen LogP contribution in [0.4, 0.5) is 0 Å². The molecule has 2 aromatic carbocycles.